The van der Waals surface area contributed by atoms with Crippen LogP contribution in [0.1, 0.15) is 35.3 Å². The topological polar surface area (TPSA) is 128 Å². The van der Waals surface area contributed by atoms with Gasteiger partial charge >= 0.3 is 0 Å². The fraction of sp³-hybridized carbons (Fsp3) is 0.421. The SMILES string of the molecule is COc1cc2nc3c(cc2c(OC)c1OC)CN(C(=O)c1cccn1C)CCN(C(=O)COc1ccccc1)CCC(=O)NCC1CCCN3C1. The molecule has 0 spiro atoms. The second kappa shape index (κ2) is 16.0. The Morgan fingerprint density at radius 2 is 1.71 bits per heavy atom. The maximum absolute atomic E-state index is 14.3. The number of aromatic nitrogens is 2. The monoisotopic (exact) mass is 698 g/mol. The molecule has 2 bridgehead atoms. The summed E-state index contributed by atoms with van der Waals surface area (Å²) < 4.78 is 24.8. The van der Waals surface area contributed by atoms with Crippen molar-refractivity contribution in [3.8, 4) is 23.0 Å². The highest BCUT2D eigenvalue weighted by atomic mass is 16.5. The summed E-state index contributed by atoms with van der Waals surface area (Å²) in [6.07, 6.45) is 3.84. The molecule has 1 unspecified atom stereocenters. The molecular formula is C38H46N6O7. The zero-order valence-electron chi connectivity index (χ0n) is 29.7. The number of pyridine rings is 1. The van der Waals surface area contributed by atoms with Crippen LogP contribution in [0.25, 0.3) is 10.9 Å². The van der Waals surface area contributed by atoms with Gasteiger partial charge in [0.25, 0.3) is 11.8 Å². The van der Waals surface area contributed by atoms with Crippen molar-refractivity contribution in [3.05, 3.63) is 72.1 Å². The molecule has 13 nitrogen and oxygen atoms in total. The van der Waals surface area contributed by atoms with E-state index in [1.54, 1.807) is 53.9 Å². The van der Waals surface area contributed by atoms with Crippen molar-refractivity contribution in [1.29, 1.82) is 0 Å². The summed E-state index contributed by atoms with van der Waals surface area (Å²) in [5.74, 6) is 2.33. The molecule has 1 N–H and O–H groups in total. The predicted octanol–water partition coefficient (Wildman–Crippen LogP) is 3.89. The molecule has 2 aromatic heterocycles. The Balaban J connectivity index is 1.42. The second-order valence-corrected chi connectivity index (χ2v) is 12.9. The smallest absolute Gasteiger partial charge is 0.270 e. The van der Waals surface area contributed by atoms with E-state index in [4.69, 9.17) is 23.9 Å². The number of carbonyl (C=O) groups is 3. The van der Waals surface area contributed by atoms with Crippen LogP contribution in [0.15, 0.2) is 60.8 Å². The minimum atomic E-state index is -0.275. The highest BCUT2D eigenvalue weighted by Crippen LogP contribution is 2.44. The molecular weight excluding hydrogens is 652 g/mol. The minimum Gasteiger partial charge on any atom is -0.493 e. The van der Waals surface area contributed by atoms with Crippen LogP contribution in [0.3, 0.4) is 0 Å². The number of amides is 3. The highest BCUT2D eigenvalue weighted by molar-refractivity contribution is 5.94. The quantitative estimate of drug-likeness (QED) is 0.306. The highest BCUT2D eigenvalue weighted by Gasteiger charge is 2.29. The lowest BCUT2D eigenvalue weighted by atomic mass is 9.97. The number of carbonyl (C=O) groups excluding carboxylic acids is 3. The summed E-state index contributed by atoms with van der Waals surface area (Å²) in [4.78, 5) is 51.9. The van der Waals surface area contributed by atoms with Crippen LogP contribution < -0.4 is 29.2 Å². The Bertz CT molecular complexity index is 1860. The number of ether oxygens (including phenoxy) is 4. The molecule has 6 rings (SSSR count). The third kappa shape index (κ3) is 7.97. The molecule has 4 heterocycles. The molecule has 0 radical (unpaired) electrons. The van der Waals surface area contributed by atoms with Crippen molar-refractivity contribution >= 4 is 34.4 Å². The normalized spacial score (nSPS) is 17.1. The predicted molar refractivity (Wildman–Crippen MR) is 193 cm³/mol. The lowest BCUT2D eigenvalue weighted by Gasteiger charge is -2.35. The van der Waals surface area contributed by atoms with Crippen LogP contribution >= 0.6 is 0 Å². The van der Waals surface area contributed by atoms with Crippen molar-refractivity contribution in [2.75, 3.05) is 72.1 Å². The van der Waals surface area contributed by atoms with Crippen LogP contribution in [0, 0.1) is 5.92 Å². The lowest BCUT2D eigenvalue weighted by molar-refractivity contribution is -0.134. The molecule has 2 aliphatic rings. The van der Waals surface area contributed by atoms with Crippen molar-refractivity contribution in [2.45, 2.75) is 25.8 Å². The van der Waals surface area contributed by atoms with Crippen molar-refractivity contribution in [3.63, 3.8) is 0 Å². The van der Waals surface area contributed by atoms with Gasteiger partial charge in [-0.25, -0.2) is 4.98 Å². The van der Waals surface area contributed by atoms with E-state index in [9.17, 15) is 14.4 Å². The van der Waals surface area contributed by atoms with Crippen LogP contribution in [-0.2, 0) is 23.2 Å². The van der Waals surface area contributed by atoms with Crippen molar-refractivity contribution in [2.24, 2.45) is 13.0 Å². The molecule has 1 saturated heterocycles. The molecule has 3 amide bonds. The molecule has 2 aliphatic heterocycles. The van der Waals surface area contributed by atoms with Gasteiger partial charge in [0.05, 0.1) is 26.8 Å². The van der Waals surface area contributed by atoms with Gasteiger partial charge in [0.15, 0.2) is 18.1 Å². The number of para-hydroxylation sites is 1. The number of nitrogens with one attached hydrogen (secondary N) is 1. The molecule has 0 saturated carbocycles. The van der Waals surface area contributed by atoms with Crippen molar-refractivity contribution < 1.29 is 33.3 Å². The van der Waals surface area contributed by atoms with Gasteiger partial charge in [-0.2, -0.15) is 0 Å². The van der Waals surface area contributed by atoms with Gasteiger partial charge in [-0.15, -0.1) is 0 Å². The average molecular weight is 699 g/mol. The molecule has 13 heteroatoms. The van der Waals surface area contributed by atoms with E-state index in [1.807, 2.05) is 49.6 Å². The summed E-state index contributed by atoms with van der Waals surface area (Å²) in [6, 6.07) is 16.6. The van der Waals surface area contributed by atoms with E-state index in [2.05, 4.69) is 10.2 Å². The first-order chi connectivity index (χ1) is 24.8. The van der Waals surface area contributed by atoms with Gasteiger partial charge < -0.3 is 43.5 Å². The molecule has 1 fully saturated rings. The van der Waals surface area contributed by atoms with E-state index < -0.39 is 0 Å². The van der Waals surface area contributed by atoms with Gasteiger partial charge in [-0.1, -0.05) is 18.2 Å². The third-order valence-corrected chi connectivity index (χ3v) is 9.60. The molecule has 1 atom stereocenters. The fourth-order valence-corrected chi connectivity index (χ4v) is 6.88. The molecule has 51 heavy (non-hydrogen) atoms. The van der Waals surface area contributed by atoms with Gasteiger partial charge in [-0.05, 0) is 49.1 Å². The first-order valence-corrected chi connectivity index (χ1v) is 17.3. The van der Waals surface area contributed by atoms with Crippen LogP contribution in [0.2, 0.25) is 0 Å². The summed E-state index contributed by atoms with van der Waals surface area (Å²) in [7, 11) is 6.54. The third-order valence-electron chi connectivity index (χ3n) is 9.60. The lowest BCUT2D eigenvalue weighted by Crippen LogP contribution is -2.44. The average Bonchev–Trinajstić information content (AvgIpc) is 3.59. The summed E-state index contributed by atoms with van der Waals surface area (Å²) in [5.41, 5.74) is 1.99. The maximum Gasteiger partial charge on any atom is 0.270 e. The zero-order chi connectivity index (χ0) is 35.9. The van der Waals surface area contributed by atoms with E-state index in [-0.39, 0.29) is 62.8 Å². The Morgan fingerprint density at radius 3 is 2.43 bits per heavy atom. The number of methoxy groups -OCH3 is 3. The fourth-order valence-electron chi connectivity index (χ4n) is 6.88. The Kier molecular flexibility index (Phi) is 11.1. The zero-order valence-corrected chi connectivity index (χ0v) is 29.7. The Labute approximate surface area is 298 Å². The number of fused-ring (bicyclic) bond motifs is 5. The number of anilines is 1. The van der Waals surface area contributed by atoms with Gasteiger partial charge in [0.1, 0.15) is 17.3 Å². The Hall–Kier alpha value is -5.46. The molecule has 0 aliphatic carbocycles. The summed E-state index contributed by atoms with van der Waals surface area (Å²) in [6.45, 7) is 2.56. The van der Waals surface area contributed by atoms with E-state index in [0.29, 0.717) is 52.7 Å². The van der Waals surface area contributed by atoms with E-state index in [1.165, 1.54) is 0 Å². The number of rotatable bonds is 7. The molecule has 2 aromatic carbocycles. The number of aryl methyl sites for hydroxylation is 1. The first-order valence-electron chi connectivity index (χ1n) is 17.3. The minimum absolute atomic E-state index is 0.127. The number of hydrogen-bond acceptors (Lipinski definition) is 9. The largest absolute Gasteiger partial charge is 0.493 e. The first kappa shape index (κ1) is 35.4. The number of nitrogens with zero attached hydrogens (tertiary/aromatic N) is 5. The number of piperidine rings is 1. The van der Waals surface area contributed by atoms with Gasteiger partial charge in [0, 0.05) is 82.5 Å². The van der Waals surface area contributed by atoms with Crippen LogP contribution in [0.4, 0.5) is 5.82 Å². The standard InChI is InChI=1S/C38H46N6O7/c1-41-15-9-13-31(41)38(47)44-19-18-42(34(46)25-51-28-11-6-5-7-12-28)17-14-33(45)39-22-26-10-8-16-43(23-26)37-27(24-44)20-29-30(40-37)21-32(48-2)36(50-4)35(29)49-3/h5-7,9,11-13,15,20-21,26H,8,10,14,16-19,22-25H2,1-4H3,(H,39,45). The maximum atomic E-state index is 14.3. The number of benzene rings is 2. The van der Waals surface area contributed by atoms with E-state index >= 15 is 0 Å². The summed E-state index contributed by atoms with van der Waals surface area (Å²) in [5, 5.41) is 3.82. The molecule has 4 aromatic rings. The van der Waals surface area contributed by atoms with Gasteiger partial charge in [-0.3, -0.25) is 14.4 Å². The van der Waals surface area contributed by atoms with Crippen LogP contribution in [-0.4, -0.2) is 104 Å². The van der Waals surface area contributed by atoms with Crippen molar-refractivity contribution in [1.82, 2.24) is 24.7 Å². The van der Waals surface area contributed by atoms with Crippen LogP contribution in [0.5, 0.6) is 23.0 Å². The Morgan fingerprint density at radius 1 is 0.922 bits per heavy atom. The number of hydrogen-bond donors (Lipinski definition) is 1. The van der Waals surface area contributed by atoms with E-state index in [0.717, 1.165) is 30.8 Å². The second-order valence-electron chi connectivity index (χ2n) is 12.9. The van der Waals surface area contributed by atoms with Gasteiger partial charge in [0.2, 0.25) is 11.7 Å². The molecule has 270 valence electrons. The summed E-state index contributed by atoms with van der Waals surface area (Å²) >= 11 is 0.